The Hall–Kier alpha value is -3.39. The van der Waals surface area contributed by atoms with Crippen molar-refractivity contribution >= 4 is 16.0 Å². The van der Waals surface area contributed by atoms with Gasteiger partial charge in [0.2, 0.25) is 11.7 Å². The van der Waals surface area contributed by atoms with Gasteiger partial charge in [0.25, 0.3) is 0 Å². The molecular formula is C27H36F3N5O5S. The maximum atomic E-state index is 12.8. The van der Waals surface area contributed by atoms with E-state index >= 15 is 0 Å². The van der Waals surface area contributed by atoms with Gasteiger partial charge in [0.05, 0.1) is 19.1 Å². The number of nitrogens with zero attached hydrogens (tertiary/aromatic N) is 5. The molecule has 0 bridgehead atoms. The fourth-order valence-electron chi connectivity index (χ4n) is 3.42. The molecule has 0 radical (unpaired) electrons. The van der Waals surface area contributed by atoms with Crippen LogP contribution in [0.1, 0.15) is 19.4 Å². The number of carbonyl (C=O) groups excluding carboxylic acids is 1. The molecule has 0 aliphatic rings. The molecule has 0 unspecified atom stereocenters. The average Bonchev–Trinajstić information content (AvgIpc) is 3.30. The minimum atomic E-state index is -4.53. The highest BCUT2D eigenvalue weighted by Crippen LogP contribution is 2.33. The van der Waals surface area contributed by atoms with E-state index in [2.05, 4.69) is 38.8 Å². The van der Waals surface area contributed by atoms with Crippen LogP contribution < -0.4 is 9.47 Å². The average molecular weight is 600 g/mol. The number of hydrogen-bond acceptors (Lipinski definition) is 9. The van der Waals surface area contributed by atoms with Crippen molar-refractivity contribution in [3.8, 4) is 34.5 Å². The van der Waals surface area contributed by atoms with Crippen LogP contribution in [0, 0.1) is 12.3 Å². The molecule has 226 valence electrons. The van der Waals surface area contributed by atoms with Gasteiger partial charge in [-0.05, 0) is 51.2 Å². The Balaban J connectivity index is 1.75. The monoisotopic (exact) mass is 599 g/mol. The fraction of sp³-hybridized carbons (Fsp3) is 0.519. The summed E-state index contributed by atoms with van der Waals surface area (Å²) >= 11 is 0. The van der Waals surface area contributed by atoms with Crippen molar-refractivity contribution in [2.24, 2.45) is 5.41 Å². The molecule has 0 aromatic carbocycles. The topological polar surface area (TPSA) is 110 Å². The third-order valence-electron chi connectivity index (χ3n) is 5.76. The van der Waals surface area contributed by atoms with Gasteiger partial charge in [0, 0.05) is 35.3 Å². The highest BCUT2D eigenvalue weighted by atomic mass is 32.3. The SMILES string of the molecule is COC(=O)C(C)(C)COc1cc(C)c(-c2ccc(-c3nc(OCC(F)(F)F)n(COCCS(C)(C)C)n3)nc2)cn1. The summed E-state index contributed by atoms with van der Waals surface area (Å²) < 4.78 is 60.6. The number of aromatic nitrogens is 5. The fourth-order valence-corrected chi connectivity index (χ4v) is 4.04. The van der Waals surface area contributed by atoms with Crippen LogP contribution in [0.15, 0.2) is 30.6 Å². The normalized spacial score (nSPS) is 12.7. The van der Waals surface area contributed by atoms with Crippen molar-refractivity contribution in [2.75, 3.05) is 51.5 Å². The molecule has 0 atom stereocenters. The minimum Gasteiger partial charge on any atom is -0.476 e. The number of halogens is 3. The zero-order chi connectivity index (χ0) is 30.4. The van der Waals surface area contributed by atoms with Crippen molar-refractivity contribution in [3.63, 3.8) is 0 Å². The van der Waals surface area contributed by atoms with Crippen molar-refractivity contribution in [1.29, 1.82) is 0 Å². The van der Waals surface area contributed by atoms with Crippen LogP contribution in [0.25, 0.3) is 22.6 Å². The van der Waals surface area contributed by atoms with Gasteiger partial charge < -0.3 is 18.9 Å². The maximum Gasteiger partial charge on any atom is 0.422 e. The zero-order valence-electron chi connectivity index (χ0n) is 24.2. The van der Waals surface area contributed by atoms with Gasteiger partial charge in [0.15, 0.2) is 6.61 Å². The van der Waals surface area contributed by atoms with E-state index in [1.807, 2.05) is 6.92 Å². The lowest BCUT2D eigenvalue weighted by atomic mass is 9.95. The van der Waals surface area contributed by atoms with E-state index in [0.717, 1.165) is 27.1 Å². The van der Waals surface area contributed by atoms with Crippen LogP contribution in [0.4, 0.5) is 13.2 Å². The molecule has 0 aliphatic carbocycles. The summed E-state index contributed by atoms with van der Waals surface area (Å²) in [6, 6.07) is 4.89. The Morgan fingerprint density at radius 1 is 1.05 bits per heavy atom. The van der Waals surface area contributed by atoms with Crippen molar-refractivity contribution < 1.29 is 36.9 Å². The van der Waals surface area contributed by atoms with Gasteiger partial charge in [-0.3, -0.25) is 9.78 Å². The van der Waals surface area contributed by atoms with Crippen LogP contribution in [-0.2, 0) is 21.0 Å². The zero-order valence-corrected chi connectivity index (χ0v) is 25.1. The largest absolute Gasteiger partial charge is 0.476 e. The molecule has 0 spiro atoms. The molecule has 3 aromatic heterocycles. The number of aryl methyl sites for hydroxylation is 1. The van der Waals surface area contributed by atoms with E-state index in [0.29, 0.717) is 18.2 Å². The van der Waals surface area contributed by atoms with E-state index in [9.17, 15) is 18.0 Å². The van der Waals surface area contributed by atoms with Gasteiger partial charge >= 0.3 is 18.2 Å². The van der Waals surface area contributed by atoms with Crippen LogP contribution in [0.3, 0.4) is 0 Å². The minimum absolute atomic E-state index is 0.0959. The molecule has 0 saturated carbocycles. The van der Waals surface area contributed by atoms with Crippen LogP contribution >= 0.6 is 10.0 Å². The second kappa shape index (κ2) is 13.1. The number of methoxy groups -OCH3 is 1. The first-order valence-electron chi connectivity index (χ1n) is 12.6. The number of esters is 1. The van der Waals surface area contributed by atoms with Gasteiger partial charge in [-0.1, -0.05) is 6.07 Å². The number of rotatable bonds is 13. The summed E-state index contributed by atoms with van der Waals surface area (Å²) in [6.45, 7) is 4.24. The van der Waals surface area contributed by atoms with Crippen molar-refractivity contribution in [3.05, 3.63) is 36.2 Å². The van der Waals surface area contributed by atoms with E-state index in [1.54, 1.807) is 44.4 Å². The Kier molecular flexibility index (Phi) is 10.2. The first-order valence-corrected chi connectivity index (χ1v) is 15.6. The standard InChI is InChI=1S/C27H36F3N5O5S/c1-18-12-22(39-15-26(2,3)24(36)37-4)32-14-20(18)19-8-9-21(31-13-19)23-33-25(40-16-27(28,29)30)35(34-23)17-38-10-11-41(5,6)7/h8-9,12-14H,10-11,15-17H2,1-7H3. The summed E-state index contributed by atoms with van der Waals surface area (Å²) in [5, 5.41) is 4.28. The van der Waals surface area contributed by atoms with Crippen molar-refractivity contribution in [2.45, 2.75) is 33.7 Å². The lowest BCUT2D eigenvalue weighted by Gasteiger charge is -2.24. The Morgan fingerprint density at radius 2 is 1.78 bits per heavy atom. The van der Waals surface area contributed by atoms with E-state index < -0.39 is 28.2 Å². The van der Waals surface area contributed by atoms with Crippen LogP contribution in [-0.4, -0.2) is 88.3 Å². The lowest BCUT2D eigenvalue weighted by Crippen LogP contribution is -2.32. The molecule has 3 aromatic rings. The predicted molar refractivity (Wildman–Crippen MR) is 150 cm³/mol. The van der Waals surface area contributed by atoms with E-state index in [-0.39, 0.29) is 31.1 Å². The van der Waals surface area contributed by atoms with Gasteiger partial charge in [-0.25, -0.2) is 15.0 Å². The van der Waals surface area contributed by atoms with Gasteiger partial charge in [-0.2, -0.15) is 22.8 Å². The number of ether oxygens (including phenoxy) is 4. The number of alkyl halides is 3. The number of pyridine rings is 2. The lowest BCUT2D eigenvalue weighted by molar-refractivity contribution is -0.155. The van der Waals surface area contributed by atoms with Gasteiger partial charge in [0.1, 0.15) is 19.0 Å². The molecule has 0 saturated heterocycles. The molecule has 0 aliphatic heterocycles. The molecule has 10 nitrogen and oxygen atoms in total. The molecule has 3 heterocycles. The molecule has 3 rings (SSSR count). The van der Waals surface area contributed by atoms with Crippen molar-refractivity contribution in [1.82, 2.24) is 24.7 Å². The molecule has 0 N–H and O–H groups in total. The van der Waals surface area contributed by atoms with E-state index in [4.69, 9.17) is 18.9 Å². The van der Waals surface area contributed by atoms with Gasteiger partial charge in [-0.15, -0.1) is 5.10 Å². The summed E-state index contributed by atoms with van der Waals surface area (Å²) in [4.78, 5) is 24.8. The van der Waals surface area contributed by atoms with Crippen LogP contribution in [0.2, 0.25) is 0 Å². The maximum absolute atomic E-state index is 12.8. The molecule has 41 heavy (non-hydrogen) atoms. The summed E-state index contributed by atoms with van der Waals surface area (Å²) in [6.07, 6.45) is 5.14. The number of carbonyl (C=O) groups is 1. The summed E-state index contributed by atoms with van der Waals surface area (Å²) in [7, 11) is 0.536. The predicted octanol–water partition coefficient (Wildman–Crippen LogP) is 4.90. The summed E-state index contributed by atoms with van der Waals surface area (Å²) in [5.74, 6) is 0.915. The molecule has 14 heteroatoms. The molecular weight excluding hydrogens is 563 g/mol. The highest BCUT2D eigenvalue weighted by Gasteiger charge is 2.31. The Labute approximate surface area is 238 Å². The van der Waals surface area contributed by atoms with E-state index in [1.165, 1.54) is 7.11 Å². The Bertz CT molecular complexity index is 1320. The number of hydrogen-bond donors (Lipinski definition) is 0. The quantitative estimate of drug-likeness (QED) is 0.200. The Morgan fingerprint density at radius 3 is 2.37 bits per heavy atom. The molecule has 0 fully saturated rings. The third-order valence-corrected chi connectivity index (χ3v) is 7.16. The second-order valence-electron chi connectivity index (χ2n) is 10.9. The summed E-state index contributed by atoms with van der Waals surface area (Å²) in [5.41, 5.74) is 1.92. The third kappa shape index (κ3) is 9.59. The van der Waals surface area contributed by atoms with Crippen LogP contribution in [0.5, 0.6) is 11.9 Å². The first kappa shape index (κ1) is 32.1. The first-order chi connectivity index (χ1) is 19.1. The molecule has 0 amide bonds. The second-order valence-corrected chi connectivity index (χ2v) is 15.5. The highest BCUT2D eigenvalue weighted by molar-refractivity contribution is 8.32. The smallest absolute Gasteiger partial charge is 0.422 e.